The van der Waals surface area contributed by atoms with Crippen LogP contribution in [0.2, 0.25) is 0 Å². The van der Waals surface area contributed by atoms with Gasteiger partial charge in [0, 0.05) is 10.2 Å². The second-order valence-corrected chi connectivity index (χ2v) is 5.61. The fraction of sp³-hybridized carbons (Fsp3) is 0.0714. The van der Waals surface area contributed by atoms with Gasteiger partial charge in [-0.3, -0.25) is 4.79 Å². The summed E-state index contributed by atoms with van der Waals surface area (Å²) in [7, 11) is 0. The molecule has 1 aliphatic heterocycles. The van der Waals surface area contributed by atoms with Gasteiger partial charge >= 0.3 is 0 Å². The molecule has 108 valence electrons. The number of fused-ring (bicyclic) bond motifs is 1. The van der Waals surface area contributed by atoms with Crippen LogP contribution in [0.15, 0.2) is 28.7 Å². The molecule has 21 heavy (non-hydrogen) atoms. The molecule has 0 spiro atoms. The Hall–Kier alpha value is -2.15. The van der Waals surface area contributed by atoms with Gasteiger partial charge in [-0.05, 0) is 29.8 Å². The van der Waals surface area contributed by atoms with E-state index in [0.29, 0.717) is 21.5 Å². The third-order valence-corrected chi connectivity index (χ3v) is 3.62. The fourth-order valence-corrected chi connectivity index (χ4v) is 2.60. The van der Waals surface area contributed by atoms with Crippen LogP contribution in [-0.2, 0) is 11.2 Å². The van der Waals surface area contributed by atoms with Gasteiger partial charge in [-0.15, -0.1) is 0 Å². The number of carbonyl (C=O) groups excluding carboxylic acids is 1. The van der Waals surface area contributed by atoms with E-state index in [-0.39, 0.29) is 18.0 Å². The van der Waals surface area contributed by atoms with E-state index in [4.69, 9.17) is 5.73 Å². The number of halogens is 3. The smallest absolute Gasteiger partial charge is 0.228 e. The number of nitrogens with one attached hydrogen (secondary N) is 2. The van der Waals surface area contributed by atoms with Crippen LogP contribution >= 0.6 is 15.9 Å². The summed E-state index contributed by atoms with van der Waals surface area (Å²) in [4.78, 5) is 11.3. The number of anilines is 4. The number of hydrogen-bond acceptors (Lipinski definition) is 3. The van der Waals surface area contributed by atoms with Gasteiger partial charge in [-0.2, -0.15) is 0 Å². The van der Waals surface area contributed by atoms with E-state index in [2.05, 4.69) is 26.6 Å². The zero-order valence-corrected chi connectivity index (χ0v) is 12.2. The Kier molecular flexibility index (Phi) is 3.29. The Morgan fingerprint density at radius 1 is 1.19 bits per heavy atom. The Labute approximate surface area is 127 Å². The monoisotopic (exact) mass is 353 g/mol. The third-order valence-electron chi connectivity index (χ3n) is 3.17. The molecule has 1 aliphatic rings. The average molecular weight is 354 g/mol. The zero-order chi connectivity index (χ0) is 15.1. The molecule has 2 aromatic rings. The van der Waals surface area contributed by atoms with Crippen molar-refractivity contribution in [2.24, 2.45) is 0 Å². The molecular formula is C14H10BrF2N3O. The molecule has 4 nitrogen and oxygen atoms in total. The highest BCUT2D eigenvalue weighted by atomic mass is 79.9. The van der Waals surface area contributed by atoms with Crippen LogP contribution in [0.5, 0.6) is 0 Å². The fourth-order valence-electron chi connectivity index (χ4n) is 2.20. The number of amides is 1. The van der Waals surface area contributed by atoms with Gasteiger partial charge < -0.3 is 16.4 Å². The molecule has 0 saturated carbocycles. The maximum Gasteiger partial charge on any atom is 0.228 e. The molecule has 0 aliphatic carbocycles. The maximum absolute atomic E-state index is 13.8. The first-order valence-electron chi connectivity index (χ1n) is 6.08. The molecule has 2 aromatic carbocycles. The summed E-state index contributed by atoms with van der Waals surface area (Å²) >= 11 is 3.01. The molecule has 3 rings (SSSR count). The summed E-state index contributed by atoms with van der Waals surface area (Å²) in [6.45, 7) is 0. The van der Waals surface area contributed by atoms with Crippen molar-refractivity contribution in [2.75, 3.05) is 16.4 Å². The predicted molar refractivity (Wildman–Crippen MR) is 80.5 cm³/mol. The Bertz CT molecular complexity index is 741. The molecule has 0 fully saturated rings. The first-order valence-corrected chi connectivity index (χ1v) is 6.87. The van der Waals surface area contributed by atoms with Crippen LogP contribution in [0.1, 0.15) is 5.56 Å². The van der Waals surface area contributed by atoms with Crippen LogP contribution < -0.4 is 16.4 Å². The molecule has 0 radical (unpaired) electrons. The SMILES string of the molecule is Nc1cc2c(cc1Nc1c(F)cc(Br)cc1F)NC(=O)C2. The zero-order valence-electron chi connectivity index (χ0n) is 10.6. The van der Waals surface area contributed by atoms with Gasteiger partial charge in [0.05, 0.1) is 17.8 Å². The quantitative estimate of drug-likeness (QED) is 0.723. The number of carbonyl (C=O) groups is 1. The van der Waals surface area contributed by atoms with E-state index in [9.17, 15) is 13.6 Å². The molecule has 0 bridgehead atoms. The lowest BCUT2D eigenvalue weighted by atomic mass is 10.1. The normalized spacial score (nSPS) is 13.0. The number of benzene rings is 2. The van der Waals surface area contributed by atoms with Crippen LogP contribution in [0, 0.1) is 11.6 Å². The van der Waals surface area contributed by atoms with E-state index in [0.717, 1.165) is 17.7 Å². The lowest BCUT2D eigenvalue weighted by molar-refractivity contribution is -0.115. The Balaban J connectivity index is 2.00. The van der Waals surface area contributed by atoms with Gasteiger partial charge in [-0.25, -0.2) is 8.78 Å². The van der Waals surface area contributed by atoms with Gasteiger partial charge in [-0.1, -0.05) is 15.9 Å². The average Bonchev–Trinajstić information content (AvgIpc) is 2.72. The molecule has 0 aromatic heterocycles. The number of hydrogen-bond donors (Lipinski definition) is 3. The highest BCUT2D eigenvalue weighted by molar-refractivity contribution is 9.10. The minimum atomic E-state index is -0.745. The van der Waals surface area contributed by atoms with E-state index in [1.807, 2.05) is 0 Å². The highest BCUT2D eigenvalue weighted by Crippen LogP contribution is 2.35. The summed E-state index contributed by atoms with van der Waals surface area (Å²) in [5, 5.41) is 5.29. The van der Waals surface area contributed by atoms with Crippen molar-refractivity contribution < 1.29 is 13.6 Å². The second-order valence-electron chi connectivity index (χ2n) is 4.69. The third kappa shape index (κ3) is 2.56. The highest BCUT2D eigenvalue weighted by Gasteiger charge is 2.20. The van der Waals surface area contributed by atoms with E-state index in [1.54, 1.807) is 12.1 Å². The van der Waals surface area contributed by atoms with E-state index < -0.39 is 11.6 Å². The van der Waals surface area contributed by atoms with Crippen molar-refractivity contribution in [1.29, 1.82) is 0 Å². The van der Waals surface area contributed by atoms with E-state index in [1.165, 1.54) is 0 Å². The van der Waals surface area contributed by atoms with Crippen molar-refractivity contribution >= 4 is 44.6 Å². The molecule has 4 N–H and O–H groups in total. The van der Waals surface area contributed by atoms with E-state index >= 15 is 0 Å². The number of nitrogen functional groups attached to an aromatic ring is 1. The van der Waals surface area contributed by atoms with Gasteiger partial charge in [0.2, 0.25) is 5.91 Å². The molecule has 7 heteroatoms. The number of nitrogens with two attached hydrogens (primary N) is 1. The summed E-state index contributed by atoms with van der Waals surface area (Å²) < 4.78 is 27.9. The second kappa shape index (κ2) is 5.00. The lowest BCUT2D eigenvalue weighted by Crippen LogP contribution is -2.04. The predicted octanol–water partition coefficient (Wildman–Crippen LogP) is 3.55. The van der Waals surface area contributed by atoms with Gasteiger partial charge in [0.15, 0.2) is 11.6 Å². The lowest BCUT2D eigenvalue weighted by Gasteiger charge is -2.13. The molecule has 1 heterocycles. The molecular weight excluding hydrogens is 344 g/mol. The van der Waals surface area contributed by atoms with Crippen molar-refractivity contribution in [2.45, 2.75) is 6.42 Å². The first-order chi connectivity index (χ1) is 9.94. The Morgan fingerprint density at radius 2 is 1.86 bits per heavy atom. The van der Waals surface area contributed by atoms with Crippen LogP contribution in [0.4, 0.5) is 31.5 Å². The largest absolute Gasteiger partial charge is 0.397 e. The van der Waals surface area contributed by atoms with Crippen molar-refractivity contribution in [3.8, 4) is 0 Å². The topological polar surface area (TPSA) is 67.2 Å². The maximum atomic E-state index is 13.8. The molecule has 1 amide bonds. The van der Waals surface area contributed by atoms with Crippen molar-refractivity contribution in [1.82, 2.24) is 0 Å². The molecule has 0 saturated heterocycles. The summed E-state index contributed by atoms with van der Waals surface area (Å²) in [5.74, 6) is -1.63. The Morgan fingerprint density at radius 3 is 2.52 bits per heavy atom. The minimum Gasteiger partial charge on any atom is -0.397 e. The summed E-state index contributed by atoms with van der Waals surface area (Å²) in [5.41, 5.74) is 7.56. The molecule has 0 atom stereocenters. The minimum absolute atomic E-state index is 0.137. The summed E-state index contributed by atoms with van der Waals surface area (Å²) in [6, 6.07) is 5.48. The van der Waals surface area contributed by atoms with Gasteiger partial charge in [0.25, 0.3) is 0 Å². The first kappa shape index (κ1) is 13.8. The van der Waals surface area contributed by atoms with Crippen LogP contribution in [-0.4, -0.2) is 5.91 Å². The van der Waals surface area contributed by atoms with Crippen molar-refractivity contribution in [3.05, 3.63) is 45.9 Å². The van der Waals surface area contributed by atoms with Gasteiger partial charge in [0.1, 0.15) is 5.69 Å². The standard InChI is InChI=1S/C14H10BrF2N3O/c15-7-3-8(16)14(9(17)4-7)20-12-5-11-6(1-10(12)18)2-13(21)19-11/h1,3-5,20H,2,18H2,(H,19,21). The summed E-state index contributed by atoms with van der Waals surface area (Å²) in [6.07, 6.45) is 0.251. The van der Waals surface area contributed by atoms with Crippen LogP contribution in [0.3, 0.4) is 0 Å². The number of rotatable bonds is 2. The van der Waals surface area contributed by atoms with Crippen molar-refractivity contribution in [3.63, 3.8) is 0 Å². The van der Waals surface area contributed by atoms with Crippen LogP contribution in [0.25, 0.3) is 0 Å². The molecule has 0 unspecified atom stereocenters.